The molecule has 16 heavy (non-hydrogen) atoms. The van der Waals surface area contributed by atoms with Crippen LogP contribution in [0.1, 0.15) is 15.9 Å². The van der Waals surface area contributed by atoms with Crippen LogP contribution in [-0.2, 0) is 0 Å². The Labute approximate surface area is 100 Å². The monoisotopic (exact) mass is 238 g/mol. The lowest BCUT2D eigenvalue weighted by Crippen LogP contribution is -2.23. The van der Waals surface area contributed by atoms with E-state index in [1.165, 1.54) is 0 Å². The third kappa shape index (κ3) is 3.68. The SMILES string of the molecule is Cc1ccc(C(=O)NC/C=C/CN)c(Cl)c1. The Morgan fingerprint density at radius 3 is 2.88 bits per heavy atom. The van der Waals surface area contributed by atoms with E-state index >= 15 is 0 Å². The molecule has 0 unspecified atom stereocenters. The summed E-state index contributed by atoms with van der Waals surface area (Å²) in [6, 6.07) is 5.35. The maximum Gasteiger partial charge on any atom is 0.253 e. The zero-order chi connectivity index (χ0) is 12.0. The van der Waals surface area contributed by atoms with Gasteiger partial charge in [-0.1, -0.05) is 29.8 Å². The van der Waals surface area contributed by atoms with E-state index in [-0.39, 0.29) is 5.91 Å². The largest absolute Gasteiger partial charge is 0.349 e. The van der Waals surface area contributed by atoms with Gasteiger partial charge < -0.3 is 11.1 Å². The summed E-state index contributed by atoms with van der Waals surface area (Å²) >= 11 is 5.97. The van der Waals surface area contributed by atoms with Crippen LogP contribution in [-0.4, -0.2) is 19.0 Å². The first-order valence-electron chi connectivity index (χ1n) is 5.04. The molecule has 0 aliphatic heterocycles. The molecule has 0 aliphatic rings. The average Bonchev–Trinajstić information content (AvgIpc) is 2.24. The van der Waals surface area contributed by atoms with Crippen molar-refractivity contribution in [3.05, 3.63) is 46.5 Å². The molecular weight excluding hydrogens is 224 g/mol. The molecule has 3 nitrogen and oxygen atoms in total. The highest BCUT2D eigenvalue weighted by Crippen LogP contribution is 2.17. The molecule has 1 aromatic carbocycles. The first-order valence-corrected chi connectivity index (χ1v) is 5.42. The van der Waals surface area contributed by atoms with Crippen LogP contribution in [0.4, 0.5) is 0 Å². The van der Waals surface area contributed by atoms with Gasteiger partial charge >= 0.3 is 0 Å². The van der Waals surface area contributed by atoms with Gasteiger partial charge in [-0.25, -0.2) is 0 Å². The summed E-state index contributed by atoms with van der Waals surface area (Å²) in [5.74, 6) is -0.174. The van der Waals surface area contributed by atoms with Crippen molar-refractivity contribution in [2.45, 2.75) is 6.92 Å². The Bertz CT molecular complexity index is 402. The van der Waals surface area contributed by atoms with Crippen LogP contribution in [0.2, 0.25) is 5.02 Å². The Morgan fingerprint density at radius 1 is 1.50 bits per heavy atom. The smallest absolute Gasteiger partial charge is 0.253 e. The summed E-state index contributed by atoms with van der Waals surface area (Å²) in [6.07, 6.45) is 3.59. The second-order valence-corrected chi connectivity index (χ2v) is 3.81. The summed E-state index contributed by atoms with van der Waals surface area (Å²) in [7, 11) is 0. The van der Waals surface area contributed by atoms with E-state index in [2.05, 4.69) is 5.32 Å². The van der Waals surface area contributed by atoms with E-state index in [0.29, 0.717) is 23.7 Å². The van der Waals surface area contributed by atoms with Crippen LogP contribution in [0, 0.1) is 6.92 Å². The van der Waals surface area contributed by atoms with Crippen molar-refractivity contribution in [3.8, 4) is 0 Å². The van der Waals surface area contributed by atoms with Gasteiger partial charge in [-0.3, -0.25) is 4.79 Å². The number of hydrogen-bond acceptors (Lipinski definition) is 2. The van der Waals surface area contributed by atoms with Crippen molar-refractivity contribution in [1.82, 2.24) is 5.32 Å². The van der Waals surface area contributed by atoms with Gasteiger partial charge in [0.15, 0.2) is 0 Å². The number of amides is 1. The maximum absolute atomic E-state index is 11.7. The third-order valence-electron chi connectivity index (χ3n) is 2.05. The number of carbonyl (C=O) groups is 1. The van der Waals surface area contributed by atoms with Gasteiger partial charge in [0.1, 0.15) is 0 Å². The predicted octanol–water partition coefficient (Wildman–Crippen LogP) is 1.89. The molecule has 1 aromatic rings. The zero-order valence-electron chi connectivity index (χ0n) is 9.16. The minimum absolute atomic E-state index is 0.174. The second-order valence-electron chi connectivity index (χ2n) is 3.40. The predicted molar refractivity (Wildman–Crippen MR) is 66.7 cm³/mol. The summed E-state index contributed by atoms with van der Waals surface area (Å²) in [5, 5.41) is 3.20. The van der Waals surface area contributed by atoms with Gasteiger partial charge in [0, 0.05) is 13.1 Å². The second kappa shape index (κ2) is 6.30. The number of nitrogens with one attached hydrogen (secondary N) is 1. The summed E-state index contributed by atoms with van der Waals surface area (Å²) in [6.45, 7) is 2.86. The van der Waals surface area contributed by atoms with Gasteiger partial charge in [0.25, 0.3) is 5.91 Å². The van der Waals surface area contributed by atoms with Crippen LogP contribution in [0.3, 0.4) is 0 Å². The Hall–Kier alpha value is -1.32. The lowest BCUT2D eigenvalue weighted by atomic mass is 10.1. The Balaban J connectivity index is 2.63. The Morgan fingerprint density at radius 2 is 2.25 bits per heavy atom. The van der Waals surface area contributed by atoms with Crippen molar-refractivity contribution < 1.29 is 4.79 Å². The minimum atomic E-state index is -0.174. The van der Waals surface area contributed by atoms with Gasteiger partial charge in [-0.05, 0) is 24.6 Å². The van der Waals surface area contributed by atoms with Crippen LogP contribution in [0.25, 0.3) is 0 Å². The highest BCUT2D eigenvalue weighted by Gasteiger charge is 2.08. The molecule has 1 amide bonds. The van der Waals surface area contributed by atoms with E-state index < -0.39 is 0 Å². The lowest BCUT2D eigenvalue weighted by molar-refractivity contribution is 0.0958. The highest BCUT2D eigenvalue weighted by molar-refractivity contribution is 6.33. The molecular formula is C12H15ClN2O. The number of aryl methyl sites for hydroxylation is 1. The summed E-state index contributed by atoms with van der Waals surface area (Å²) < 4.78 is 0. The van der Waals surface area contributed by atoms with Crippen molar-refractivity contribution in [3.63, 3.8) is 0 Å². The Kier molecular flexibility index (Phi) is 5.02. The first-order chi connectivity index (χ1) is 7.65. The molecule has 0 bridgehead atoms. The van der Waals surface area contributed by atoms with Gasteiger partial charge in [-0.15, -0.1) is 0 Å². The molecule has 3 N–H and O–H groups in total. The topological polar surface area (TPSA) is 55.1 Å². The fraction of sp³-hybridized carbons (Fsp3) is 0.250. The van der Waals surface area contributed by atoms with Gasteiger partial charge in [-0.2, -0.15) is 0 Å². The average molecular weight is 239 g/mol. The van der Waals surface area contributed by atoms with Crippen LogP contribution in [0.5, 0.6) is 0 Å². The number of halogens is 1. The van der Waals surface area contributed by atoms with Gasteiger partial charge in [0.05, 0.1) is 10.6 Å². The third-order valence-corrected chi connectivity index (χ3v) is 2.37. The molecule has 0 spiro atoms. The number of nitrogens with two attached hydrogens (primary N) is 1. The minimum Gasteiger partial charge on any atom is -0.349 e. The molecule has 0 radical (unpaired) electrons. The van der Waals surface area contributed by atoms with E-state index in [4.69, 9.17) is 17.3 Å². The van der Waals surface area contributed by atoms with E-state index in [1.54, 1.807) is 24.3 Å². The summed E-state index contributed by atoms with van der Waals surface area (Å²) in [4.78, 5) is 11.7. The highest BCUT2D eigenvalue weighted by atomic mass is 35.5. The van der Waals surface area contributed by atoms with Gasteiger partial charge in [0.2, 0.25) is 0 Å². The van der Waals surface area contributed by atoms with Crippen molar-refractivity contribution in [1.29, 1.82) is 0 Å². The molecule has 0 aromatic heterocycles. The molecule has 0 saturated heterocycles. The molecule has 0 heterocycles. The fourth-order valence-corrected chi connectivity index (χ4v) is 1.55. The normalized spacial score (nSPS) is 10.7. The van der Waals surface area contributed by atoms with Crippen LogP contribution < -0.4 is 11.1 Å². The molecule has 4 heteroatoms. The number of rotatable bonds is 4. The van der Waals surface area contributed by atoms with E-state index in [1.807, 2.05) is 13.0 Å². The van der Waals surface area contributed by atoms with E-state index in [0.717, 1.165) is 5.56 Å². The number of hydrogen-bond donors (Lipinski definition) is 2. The zero-order valence-corrected chi connectivity index (χ0v) is 9.92. The quantitative estimate of drug-likeness (QED) is 0.788. The van der Waals surface area contributed by atoms with Crippen molar-refractivity contribution in [2.24, 2.45) is 5.73 Å². The summed E-state index contributed by atoms with van der Waals surface area (Å²) in [5.41, 5.74) is 6.80. The number of carbonyl (C=O) groups excluding carboxylic acids is 1. The van der Waals surface area contributed by atoms with Crippen molar-refractivity contribution in [2.75, 3.05) is 13.1 Å². The van der Waals surface area contributed by atoms with Crippen LogP contribution >= 0.6 is 11.6 Å². The van der Waals surface area contributed by atoms with Crippen LogP contribution in [0.15, 0.2) is 30.4 Å². The standard InChI is InChI=1S/C12H15ClN2O/c1-9-4-5-10(11(13)8-9)12(16)15-7-3-2-6-14/h2-5,8H,6-7,14H2,1H3,(H,15,16)/b3-2+. The molecule has 86 valence electrons. The number of benzene rings is 1. The molecule has 1 rings (SSSR count). The fourth-order valence-electron chi connectivity index (χ4n) is 1.23. The molecule has 0 saturated carbocycles. The molecule has 0 fully saturated rings. The molecule has 0 atom stereocenters. The maximum atomic E-state index is 11.7. The van der Waals surface area contributed by atoms with Crippen molar-refractivity contribution >= 4 is 17.5 Å². The first kappa shape index (κ1) is 12.7. The van der Waals surface area contributed by atoms with E-state index in [9.17, 15) is 4.79 Å². The lowest BCUT2D eigenvalue weighted by Gasteiger charge is -2.05. The molecule has 0 aliphatic carbocycles.